The average molecular weight is 248 g/mol. The zero-order valence-corrected chi connectivity index (χ0v) is 10.5. The molecular formula is C13H16N2O3. The topological polar surface area (TPSA) is 71.3 Å². The molecule has 0 aliphatic heterocycles. The van der Waals surface area contributed by atoms with Crippen LogP contribution in [0.25, 0.3) is 0 Å². The Morgan fingerprint density at radius 3 is 2.78 bits per heavy atom. The van der Waals surface area contributed by atoms with Gasteiger partial charge in [-0.25, -0.2) is 0 Å². The number of unbranched alkanes of at least 4 members (excludes halogenated alkanes) is 1. The second kappa shape index (κ2) is 7.17. The summed E-state index contributed by atoms with van der Waals surface area (Å²) in [7, 11) is 3.01. The molecular weight excluding hydrogens is 232 g/mol. The second-order valence-electron chi connectivity index (χ2n) is 3.56. The fourth-order valence-corrected chi connectivity index (χ4v) is 1.53. The molecule has 1 aromatic carbocycles. The van der Waals surface area contributed by atoms with Crippen molar-refractivity contribution >= 4 is 5.91 Å². The minimum absolute atomic E-state index is 0.233. The number of nitriles is 1. The van der Waals surface area contributed by atoms with Crippen molar-refractivity contribution in [1.82, 2.24) is 5.32 Å². The summed E-state index contributed by atoms with van der Waals surface area (Å²) in [6, 6.07) is 7.15. The van der Waals surface area contributed by atoms with Crippen molar-refractivity contribution in [1.29, 1.82) is 5.26 Å². The summed E-state index contributed by atoms with van der Waals surface area (Å²) in [6.07, 6.45) is 1.06. The molecule has 0 heterocycles. The van der Waals surface area contributed by atoms with E-state index in [1.165, 1.54) is 14.2 Å². The lowest BCUT2D eigenvalue weighted by Crippen LogP contribution is -2.24. The maximum absolute atomic E-state index is 11.9. The minimum atomic E-state index is -0.233. The normalized spacial score (nSPS) is 9.39. The molecule has 1 aromatic rings. The molecule has 0 bridgehead atoms. The van der Waals surface area contributed by atoms with E-state index in [4.69, 9.17) is 14.7 Å². The van der Waals surface area contributed by atoms with Crippen molar-refractivity contribution in [3.8, 4) is 17.6 Å². The molecule has 0 saturated heterocycles. The summed E-state index contributed by atoms with van der Waals surface area (Å²) in [5.41, 5.74) is 0.425. The molecule has 0 radical (unpaired) electrons. The van der Waals surface area contributed by atoms with Gasteiger partial charge in [-0.2, -0.15) is 5.26 Å². The number of methoxy groups -OCH3 is 2. The first-order valence-corrected chi connectivity index (χ1v) is 5.60. The maximum Gasteiger partial charge on any atom is 0.255 e. The molecule has 0 spiro atoms. The monoisotopic (exact) mass is 248 g/mol. The van der Waals surface area contributed by atoms with Crippen molar-refractivity contribution < 1.29 is 14.3 Å². The van der Waals surface area contributed by atoms with Crippen LogP contribution in [-0.2, 0) is 0 Å². The highest BCUT2D eigenvalue weighted by atomic mass is 16.5. The Hall–Kier alpha value is -2.22. The van der Waals surface area contributed by atoms with Crippen LogP contribution in [-0.4, -0.2) is 26.7 Å². The molecule has 1 amide bonds. The van der Waals surface area contributed by atoms with Gasteiger partial charge in [0, 0.05) is 13.0 Å². The molecule has 1 rings (SSSR count). The number of hydrogen-bond acceptors (Lipinski definition) is 4. The van der Waals surface area contributed by atoms with Crippen LogP contribution in [0, 0.1) is 11.3 Å². The molecule has 0 aromatic heterocycles. The van der Waals surface area contributed by atoms with E-state index in [1.54, 1.807) is 18.2 Å². The van der Waals surface area contributed by atoms with Gasteiger partial charge in [-0.15, -0.1) is 0 Å². The molecule has 0 aliphatic rings. The SMILES string of the molecule is COc1cccc(C(=O)NCCCC#N)c1OC. The van der Waals surface area contributed by atoms with Crippen LogP contribution in [0.3, 0.4) is 0 Å². The summed E-state index contributed by atoms with van der Waals surface area (Å²) < 4.78 is 10.3. The highest BCUT2D eigenvalue weighted by molar-refractivity contribution is 5.97. The van der Waals surface area contributed by atoms with Crippen molar-refractivity contribution in [3.63, 3.8) is 0 Å². The molecule has 96 valence electrons. The molecule has 0 fully saturated rings. The number of benzene rings is 1. The Morgan fingerprint density at radius 2 is 2.17 bits per heavy atom. The van der Waals surface area contributed by atoms with E-state index in [0.717, 1.165) is 0 Å². The van der Waals surface area contributed by atoms with E-state index < -0.39 is 0 Å². The van der Waals surface area contributed by atoms with E-state index in [2.05, 4.69) is 5.32 Å². The maximum atomic E-state index is 11.9. The van der Waals surface area contributed by atoms with E-state index >= 15 is 0 Å². The Balaban J connectivity index is 2.76. The van der Waals surface area contributed by atoms with Crippen LogP contribution in [0.5, 0.6) is 11.5 Å². The smallest absolute Gasteiger partial charge is 0.255 e. The number of ether oxygens (including phenoxy) is 2. The summed E-state index contributed by atoms with van der Waals surface area (Å²) in [5, 5.41) is 11.1. The average Bonchev–Trinajstić information content (AvgIpc) is 2.42. The first kappa shape index (κ1) is 13.8. The number of carbonyl (C=O) groups is 1. The van der Waals surface area contributed by atoms with E-state index in [9.17, 15) is 4.79 Å². The molecule has 5 nitrogen and oxygen atoms in total. The van der Waals surface area contributed by atoms with Gasteiger partial charge in [-0.05, 0) is 18.6 Å². The minimum Gasteiger partial charge on any atom is -0.493 e. The standard InChI is InChI=1S/C13H16N2O3/c1-17-11-7-5-6-10(12(11)18-2)13(16)15-9-4-3-8-14/h5-7H,3-4,9H2,1-2H3,(H,15,16). The summed E-state index contributed by atoms with van der Waals surface area (Å²) in [6.45, 7) is 0.465. The summed E-state index contributed by atoms with van der Waals surface area (Å²) in [4.78, 5) is 11.9. The number of amides is 1. The van der Waals surface area contributed by atoms with Crippen LogP contribution in [0.15, 0.2) is 18.2 Å². The van der Waals surface area contributed by atoms with Gasteiger partial charge >= 0.3 is 0 Å². The predicted octanol–water partition coefficient (Wildman–Crippen LogP) is 1.74. The van der Waals surface area contributed by atoms with Crippen LogP contribution in [0.1, 0.15) is 23.2 Å². The zero-order valence-electron chi connectivity index (χ0n) is 10.5. The van der Waals surface area contributed by atoms with Gasteiger partial charge in [0.15, 0.2) is 11.5 Å². The van der Waals surface area contributed by atoms with Crippen molar-refractivity contribution in [3.05, 3.63) is 23.8 Å². The van der Waals surface area contributed by atoms with Gasteiger partial charge in [0.2, 0.25) is 0 Å². The third kappa shape index (κ3) is 3.39. The Labute approximate surface area is 106 Å². The lowest BCUT2D eigenvalue weighted by molar-refractivity contribution is 0.0949. The fourth-order valence-electron chi connectivity index (χ4n) is 1.53. The lowest BCUT2D eigenvalue weighted by Gasteiger charge is -2.12. The van der Waals surface area contributed by atoms with Crippen LogP contribution >= 0.6 is 0 Å². The molecule has 0 aliphatic carbocycles. The molecule has 0 saturated carbocycles. The highest BCUT2D eigenvalue weighted by Gasteiger charge is 2.15. The predicted molar refractivity (Wildman–Crippen MR) is 66.7 cm³/mol. The fraction of sp³-hybridized carbons (Fsp3) is 0.385. The number of nitrogens with zero attached hydrogens (tertiary/aromatic N) is 1. The Kier molecular flexibility index (Phi) is 5.52. The van der Waals surface area contributed by atoms with Gasteiger partial charge in [-0.1, -0.05) is 6.07 Å². The van der Waals surface area contributed by atoms with E-state index in [1.807, 2.05) is 6.07 Å². The van der Waals surface area contributed by atoms with Crippen molar-refractivity contribution in [2.45, 2.75) is 12.8 Å². The largest absolute Gasteiger partial charge is 0.493 e. The van der Waals surface area contributed by atoms with Crippen LogP contribution < -0.4 is 14.8 Å². The molecule has 5 heteroatoms. The molecule has 18 heavy (non-hydrogen) atoms. The number of carbonyl (C=O) groups excluding carboxylic acids is 1. The van der Waals surface area contributed by atoms with E-state index in [-0.39, 0.29) is 5.91 Å². The zero-order chi connectivity index (χ0) is 13.4. The highest BCUT2D eigenvalue weighted by Crippen LogP contribution is 2.30. The molecule has 0 atom stereocenters. The summed E-state index contributed by atoms with van der Waals surface area (Å²) >= 11 is 0. The third-order valence-corrected chi connectivity index (χ3v) is 2.40. The van der Waals surface area contributed by atoms with Crippen LogP contribution in [0.4, 0.5) is 0 Å². The third-order valence-electron chi connectivity index (χ3n) is 2.40. The molecule has 0 unspecified atom stereocenters. The van der Waals surface area contributed by atoms with Gasteiger partial charge in [0.05, 0.1) is 25.9 Å². The number of nitrogens with one attached hydrogen (secondary N) is 1. The van der Waals surface area contributed by atoms with E-state index in [0.29, 0.717) is 36.4 Å². The van der Waals surface area contributed by atoms with Gasteiger partial charge < -0.3 is 14.8 Å². The first-order valence-electron chi connectivity index (χ1n) is 5.60. The second-order valence-corrected chi connectivity index (χ2v) is 3.56. The quantitative estimate of drug-likeness (QED) is 0.778. The van der Waals surface area contributed by atoms with Gasteiger partial charge in [0.25, 0.3) is 5.91 Å². The Bertz CT molecular complexity index is 452. The van der Waals surface area contributed by atoms with Crippen molar-refractivity contribution in [2.24, 2.45) is 0 Å². The number of hydrogen-bond donors (Lipinski definition) is 1. The first-order chi connectivity index (χ1) is 8.74. The Morgan fingerprint density at radius 1 is 1.39 bits per heavy atom. The molecule has 1 N–H and O–H groups in total. The summed E-state index contributed by atoms with van der Waals surface area (Å²) in [5.74, 6) is 0.698. The lowest BCUT2D eigenvalue weighted by atomic mass is 10.1. The van der Waals surface area contributed by atoms with Gasteiger partial charge in [-0.3, -0.25) is 4.79 Å². The van der Waals surface area contributed by atoms with Crippen molar-refractivity contribution in [2.75, 3.05) is 20.8 Å². The van der Waals surface area contributed by atoms with Crippen LogP contribution in [0.2, 0.25) is 0 Å². The number of para-hydroxylation sites is 1. The van der Waals surface area contributed by atoms with Gasteiger partial charge in [0.1, 0.15) is 0 Å². The number of rotatable bonds is 6.